The topological polar surface area (TPSA) is 35.9 Å². The van der Waals surface area contributed by atoms with Crippen LogP contribution in [0.3, 0.4) is 0 Å². The highest BCUT2D eigenvalue weighted by Crippen LogP contribution is 2.25. The van der Waals surface area contributed by atoms with Gasteiger partial charge in [-0.3, -0.25) is 5.41 Å². The van der Waals surface area contributed by atoms with Gasteiger partial charge >= 0.3 is 0 Å². The molecule has 14 heavy (non-hydrogen) atoms. The van der Waals surface area contributed by atoms with Gasteiger partial charge in [0, 0.05) is 13.0 Å². The molecule has 1 atom stereocenters. The predicted octanol–water partition coefficient (Wildman–Crippen LogP) is 2.52. The second kappa shape index (κ2) is 4.27. The van der Waals surface area contributed by atoms with E-state index in [1.165, 1.54) is 5.56 Å². The summed E-state index contributed by atoms with van der Waals surface area (Å²) in [6.45, 7) is 0.943. The molecule has 0 spiro atoms. The second-order valence-corrected chi connectivity index (χ2v) is 3.84. The minimum Gasteiger partial charge on any atom is -0.374 e. The maximum atomic E-state index is 7.57. The van der Waals surface area contributed by atoms with Crippen LogP contribution in [0, 0.1) is 5.41 Å². The summed E-state index contributed by atoms with van der Waals surface area (Å²) in [5.41, 5.74) is 1.42. The van der Waals surface area contributed by atoms with Crippen LogP contribution >= 0.6 is 0 Å². The van der Waals surface area contributed by atoms with Crippen LogP contribution in [0.4, 0.5) is 0 Å². The summed E-state index contributed by atoms with van der Waals surface area (Å²) in [4.78, 5) is 0. The van der Waals surface area contributed by atoms with E-state index in [0.29, 0.717) is 11.8 Å². The SMILES string of the molecule is N=C1CCC(c2ccccc2)CCN1. The Kier molecular flexibility index (Phi) is 2.82. The first-order chi connectivity index (χ1) is 6.86. The fourth-order valence-corrected chi connectivity index (χ4v) is 2.01. The highest BCUT2D eigenvalue weighted by molar-refractivity contribution is 5.79. The first-order valence-corrected chi connectivity index (χ1v) is 5.22. The zero-order valence-electron chi connectivity index (χ0n) is 8.29. The molecule has 0 aromatic heterocycles. The van der Waals surface area contributed by atoms with Gasteiger partial charge in [-0.05, 0) is 24.3 Å². The van der Waals surface area contributed by atoms with E-state index in [4.69, 9.17) is 5.41 Å². The number of nitrogens with one attached hydrogen (secondary N) is 2. The lowest BCUT2D eigenvalue weighted by Gasteiger charge is -2.12. The molecule has 0 bridgehead atoms. The fraction of sp³-hybridized carbons (Fsp3) is 0.417. The third kappa shape index (κ3) is 2.13. The standard InChI is InChI=1S/C12H16N2/c13-12-7-6-11(8-9-14-12)10-4-2-1-3-5-10/h1-5,11H,6-9H2,(H2,13,14). The monoisotopic (exact) mass is 188 g/mol. The highest BCUT2D eigenvalue weighted by atomic mass is 14.9. The number of hydrogen-bond donors (Lipinski definition) is 2. The summed E-state index contributed by atoms with van der Waals surface area (Å²) in [5, 5.41) is 10.7. The first-order valence-electron chi connectivity index (χ1n) is 5.22. The molecule has 0 aliphatic carbocycles. The van der Waals surface area contributed by atoms with E-state index in [-0.39, 0.29) is 0 Å². The van der Waals surface area contributed by atoms with Crippen LogP contribution in [0.25, 0.3) is 0 Å². The maximum absolute atomic E-state index is 7.57. The quantitative estimate of drug-likeness (QED) is 0.698. The molecule has 0 radical (unpaired) electrons. The maximum Gasteiger partial charge on any atom is 0.0931 e. The minimum absolute atomic E-state index is 0.631. The van der Waals surface area contributed by atoms with Gasteiger partial charge in [0.2, 0.25) is 0 Å². The van der Waals surface area contributed by atoms with Crippen molar-refractivity contribution in [3.8, 4) is 0 Å². The third-order valence-corrected chi connectivity index (χ3v) is 2.84. The van der Waals surface area contributed by atoms with Crippen molar-refractivity contribution in [2.45, 2.75) is 25.2 Å². The Morgan fingerprint density at radius 2 is 1.93 bits per heavy atom. The van der Waals surface area contributed by atoms with Crippen LogP contribution in [0.5, 0.6) is 0 Å². The van der Waals surface area contributed by atoms with Crippen molar-refractivity contribution in [1.29, 1.82) is 5.41 Å². The summed E-state index contributed by atoms with van der Waals surface area (Å²) in [6, 6.07) is 10.6. The van der Waals surface area contributed by atoms with Gasteiger partial charge in [0.1, 0.15) is 0 Å². The van der Waals surface area contributed by atoms with Gasteiger partial charge in [-0.2, -0.15) is 0 Å². The van der Waals surface area contributed by atoms with Crippen LogP contribution in [0.2, 0.25) is 0 Å². The van der Waals surface area contributed by atoms with Crippen LogP contribution in [-0.2, 0) is 0 Å². The molecule has 2 rings (SSSR count). The molecular formula is C12H16N2. The van der Waals surface area contributed by atoms with E-state index >= 15 is 0 Å². The molecule has 1 aromatic carbocycles. The average molecular weight is 188 g/mol. The summed E-state index contributed by atoms with van der Waals surface area (Å²) in [7, 11) is 0. The number of rotatable bonds is 1. The zero-order chi connectivity index (χ0) is 9.80. The van der Waals surface area contributed by atoms with Crippen molar-refractivity contribution < 1.29 is 0 Å². The molecule has 0 saturated carbocycles. The van der Waals surface area contributed by atoms with E-state index in [0.717, 1.165) is 25.8 Å². The Labute approximate surface area is 84.9 Å². The summed E-state index contributed by atoms with van der Waals surface area (Å²) in [5.74, 6) is 1.33. The van der Waals surface area contributed by atoms with E-state index in [1.807, 2.05) is 0 Å². The Morgan fingerprint density at radius 1 is 1.14 bits per heavy atom. The number of hydrogen-bond acceptors (Lipinski definition) is 1. The van der Waals surface area contributed by atoms with Gasteiger partial charge in [-0.15, -0.1) is 0 Å². The molecule has 1 aliphatic rings. The molecule has 74 valence electrons. The van der Waals surface area contributed by atoms with Crippen molar-refractivity contribution in [3.05, 3.63) is 35.9 Å². The minimum atomic E-state index is 0.631. The predicted molar refractivity (Wildman–Crippen MR) is 58.8 cm³/mol. The molecule has 2 N–H and O–H groups in total. The Bertz CT molecular complexity index is 305. The number of amidine groups is 1. The van der Waals surface area contributed by atoms with Crippen LogP contribution in [0.1, 0.15) is 30.7 Å². The molecule has 1 saturated heterocycles. The lowest BCUT2D eigenvalue weighted by atomic mass is 9.92. The third-order valence-electron chi connectivity index (χ3n) is 2.84. The molecule has 2 nitrogen and oxygen atoms in total. The number of benzene rings is 1. The summed E-state index contributed by atoms with van der Waals surface area (Å²) < 4.78 is 0. The largest absolute Gasteiger partial charge is 0.374 e. The summed E-state index contributed by atoms with van der Waals surface area (Å²) >= 11 is 0. The van der Waals surface area contributed by atoms with Gasteiger partial charge < -0.3 is 5.32 Å². The van der Waals surface area contributed by atoms with Crippen LogP contribution < -0.4 is 5.32 Å². The molecule has 1 fully saturated rings. The van der Waals surface area contributed by atoms with Gasteiger partial charge in [0.25, 0.3) is 0 Å². The molecule has 0 amide bonds. The Balaban J connectivity index is 2.08. The molecule has 1 unspecified atom stereocenters. The molecule has 2 heteroatoms. The van der Waals surface area contributed by atoms with Crippen molar-refractivity contribution in [2.24, 2.45) is 0 Å². The molecule has 1 aliphatic heterocycles. The Morgan fingerprint density at radius 3 is 2.71 bits per heavy atom. The fourth-order valence-electron chi connectivity index (χ4n) is 2.01. The smallest absolute Gasteiger partial charge is 0.0931 e. The van der Waals surface area contributed by atoms with Crippen LogP contribution in [-0.4, -0.2) is 12.4 Å². The zero-order valence-corrected chi connectivity index (χ0v) is 8.29. The van der Waals surface area contributed by atoms with Gasteiger partial charge in [-0.25, -0.2) is 0 Å². The second-order valence-electron chi connectivity index (χ2n) is 3.84. The first kappa shape index (κ1) is 9.25. The van der Waals surface area contributed by atoms with Crippen molar-refractivity contribution in [2.75, 3.05) is 6.54 Å². The molecular weight excluding hydrogens is 172 g/mol. The van der Waals surface area contributed by atoms with E-state index in [2.05, 4.69) is 35.6 Å². The van der Waals surface area contributed by atoms with Gasteiger partial charge in [-0.1, -0.05) is 30.3 Å². The lowest BCUT2D eigenvalue weighted by molar-refractivity contribution is 0.611. The van der Waals surface area contributed by atoms with Gasteiger partial charge in [0.15, 0.2) is 0 Å². The van der Waals surface area contributed by atoms with Crippen LogP contribution in [0.15, 0.2) is 30.3 Å². The molecule has 1 aromatic rings. The van der Waals surface area contributed by atoms with E-state index < -0.39 is 0 Å². The van der Waals surface area contributed by atoms with Crippen molar-refractivity contribution in [1.82, 2.24) is 5.32 Å². The van der Waals surface area contributed by atoms with Crippen molar-refractivity contribution >= 4 is 5.84 Å². The molecule has 1 heterocycles. The summed E-state index contributed by atoms with van der Waals surface area (Å²) in [6.07, 6.45) is 3.14. The van der Waals surface area contributed by atoms with Gasteiger partial charge in [0.05, 0.1) is 5.84 Å². The van der Waals surface area contributed by atoms with Crippen molar-refractivity contribution in [3.63, 3.8) is 0 Å². The highest BCUT2D eigenvalue weighted by Gasteiger charge is 2.15. The average Bonchev–Trinajstić information content (AvgIpc) is 2.44. The lowest BCUT2D eigenvalue weighted by Crippen LogP contribution is -2.20. The van der Waals surface area contributed by atoms with E-state index in [9.17, 15) is 0 Å². The normalized spacial score (nSPS) is 22.6. The Hall–Kier alpha value is -1.31. The van der Waals surface area contributed by atoms with E-state index in [1.54, 1.807) is 0 Å².